The van der Waals surface area contributed by atoms with Crippen LogP contribution in [0.3, 0.4) is 0 Å². The second kappa shape index (κ2) is 6.50. The van der Waals surface area contributed by atoms with E-state index in [1.54, 1.807) is 32.2 Å². The molecule has 1 amide bonds. The summed E-state index contributed by atoms with van der Waals surface area (Å²) in [4.78, 5) is 11.8. The number of carbonyl (C=O) groups excluding carboxylic acids is 1. The number of carbonyl (C=O) groups is 1. The van der Waals surface area contributed by atoms with E-state index in [9.17, 15) is 4.79 Å². The number of amides is 1. The zero-order valence-corrected chi connectivity index (χ0v) is 10.7. The highest BCUT2D eigenvalue weighted by Crippen LogP contribution is 2.29. The molecule has 0 saturated carbocycles. The Morgan fingerprint density at radius 3 is 2.72 bits per heavy atom. The van der Waals surface area contributed by atoms with Gasteiger partial charge >= 0.3 is 0 Å². The van der Waals surface area contributed by atoms with Gasteiger partial charge < -0.3 is 14.8 Å². The van der Waals surface area contributed by atoms with Crippen LogP contribution in [0, 0.1) is 17.2 Å². The maximum atomic E-state index is 11.8. The number of rotatable bonds is 5. The Kier molecular flexibility index (Phi) is 5.00. The lowest BCUT2D eigenvalue weighted by atomic mass is 10.1. The molecule has 96 valence electrons. The van der Waals surface area contributed by atoms with E-state index in [0.717, 1.165) is 0 Å². The molecule has 1 aromatic rings. The fourth-order valence-electron chi connectivity index (χ4n) is 1.39. The van der Waals surface area contributed by atoms with Gasteiger partial charge in [-0.3, -0.25) is 4.79 Å². The van der Waals surface area contributed by atoms with Crippen LogP contribution in [0.1, 0.15) is 13.3 Å². The van der Waals surface area contributed by atoms with Gasteiger partial charge in [0, 0.05) is 18.4 Å². The summed E-state index contributed by atoms with van der Waals surface area (Å²) in [6, 6.07) is 7.09. The average Bonchev–Trinajstić information content (AvgIpc) is 2.39. The molecule has 1 atom stereocenters. The number of hydrogen-bond donors (Lipinski definition) is 1. The van der Waals surface area contributed by atoms with Crippen LogP contribution in [0.5, 0.6) is 11.5 Å². The molecule has 1 N–H and O–H groups in total. The number of nitriles is 1. The minimum atomic E-state index is -0.359. The topological polar surface area (TPSA) is 71.3 Å². The predicted molar refractivity (Wildman–Crippen MR) is 67.6 cm³/mol. The Morgan fingerprint density at radius 2 is 2.17 bits per heavy atom. The van der Waals surface area contributed by atoms with Gasteiger partial charge in [0.2, 0.25) is 5.91 Å². The van der Waals surface area contributed by atoms with Gasteiger partial charge in [-0.15, -0.1) is 0 Å². The first kappa shape index (κ1) is 13.8. The van der Waals surface area contributed by atoms with Crippen molar-refractivity contribution < 1.29 is 14.3 Å². The zero-order valence-electron chi connectivity index (χ0n) is 10.7. The van der Waals surface area contributed by atoms with Crippen LogP contribution in [0.2, 0.25) is 0 Å². The standard InChI is InChI=1S/C13H16N2O3/c1-9(6-7-14)13(16)15-11-5-4-10(17-2)8-12(11)18-3/h4-5,8-9H,6H2,1-3H3,(H,15,16). The molecule has 1 unspecified atom stereocenters. The smallest absolute Gasteiger partial charge is 0.228 e. The van der Waals surface area contributed by atoms with E-state index in [2.05, 4.69) is 5.32 Å². The quantitative estimate of drug-likeness (QED) is 0.867. The Labute approximate surface area is 106 Å². The van der Waals surface area contributed by atoms with Crippen LogP contribution < -0.4 is 14.8 Å². The minimum absolute atomic E-state index is 0.185. The maximum absolute atomic E-state index is 11.8. The summed E-state index contributed by atoms with van der Waals surface area (Å²) in [5.41, 5.74) is 0.563. The summed E-state index contributed by atoms with van der Waals surface area (Å²) in [5, 5.41) is 11.3. The van der Waals surface area contributed by atoms with E-state index in [4.69, 9.17) is 14.7 Å². The lowest BCUT2D eigenvalue weighted by Gasteiger charge is -2.13. The molecule has 0 heterocycles. The van der Waals surface area contributed by atoms with Gasteiger partial charge in [0.05, 0.1) is 26.0 Å². The van der Waals surface area contributed by atoms with Crippen molar-refractivity contribution in [2.45, 2.75) is 13.3 Å². The number of methoxy groups -OCH3 is 2. The monoisotopic (exact) mass is 248 g/mol. The van der Waals surface area contributed by atoms with Crippen molar-refractivity contribution in [2.75, 3.05) is 19.5 Å². The predicted octanol–water partition coefficient (Wildman–Crippen LogP) is 2.19. The number of ether oxygens (including phenoxy) is 2. The van der Waals surface area contributed by atoms with Crippen molar-refractivity contribution in [1.82, 2.24) is 0 Å². The molecule has 0 radical (unpaired) electrons. The van der Waals surface area contributed by atoms with Crippen molar-refractivity contribution in [3.05, 3.63) is 18.2 Å². The third kappa shape index (κ3) is 3.39. The zero-order chi connectivity index (χ0) is 13.5. The number of anilines is 1. The fourth-order valence-corrected chi connectivity index (χ4v) is 1.39. The number of nitrogens with zero attached hydrogens (tertiary/aromatic N) is 1. The van der Waals surface area contributed by atoms with Gasteiger partial charge in [-0.05, 0) is 12.1 Å². The van der Waals surface area contributed by atoms with Crippen LogP contribution in [0.4, 0.5) is 5.69 Å². The molecule has 1 rings (SSSR count). The van der Waals surface area contributed by atoms with Crippen molar-refractivity contribution >= 4 is 11.6 Å². The highest BCUT2D eigenvalue weighted by Gasteiger charge is 2.14. The summed E-state index contributed by atoms with van der Waals surface area (Å²) in [6.07, 6.45) is 0.185. The van der Waals surface area contributed by atoms with E-state index in [1.807, 2.05) is 6.07 Å². The second-order valence-corrected chi connectivity index (χ2v) is 3.82. The molecule has 0 spiro atoms. The fraction of sp³-hybridized carbons (Fsp3) is 0.385. The maximum Gasteiger partial charge on any atom is 0.228 e. The van der Waals surface area contributed by atoms with Crippen LogP contribution in [0.15, 0.2) is 18.2 Å². The largest absolute Gasteiger partial charge is 0.497 e. The van der Waals surface area contributed by atoms with E-state index in [-0.39, 0.29) is 18.2 Å². The third-order valence-corrected chi connectivity index (χ3v) is 2.51. The molecule has 0 fully saturated rings. The second-order valence-electron chi connectivity index (χ2n) is 3.82. The van der Waals surface area contributed by atoms with Crippen molar-refractivity contribution in [2.24, 2.45) is 5.92 Å². The van der Waals surface area contributed by atoms with E-state index < -0.39 is 0 Å². The minimum Gasteiger partial charge on any atom is -0.497 e. The van der Waals surface area contributed by atoms with Gasteiger partial charge in [0.1, 0.15) is 11.5 Å². The van der Waals surface area contributed by atoms with Crippen LogP contribution in [-0.2, 0) is 4.79 Å². The molecule has 0 aliphatic rings. The SMILES string of the molecule is COc1ccc(NC(=O)C(C)CC#N)c(OC)c1. The van der Waals surface area contributed by atoms with Crippen LogP contribution in [-0.4, -0.2) is 20.1 Å². The Morgan fingerprint density at radius 1 is 1.44 bits per heavy atom. The number of hydrogen-bond acceptors (Lipinski definition) is 4. The van der Waals surface area contributed by atoms with Crippen molar-refractivity contribution in [1.29, 1.82) is 5.26 Å². The van der Waals surface area contributed by atoms with Gasteiger partial charge in [0.15, 0.2) is 0 Å². The molecule has 5 nitrogen and oxygen atoms in total. The molecular formula is C13H16N2O3. The number of nitrogens with one attached hydrogen (secondary N) is 1. The van der Waals surface area contributed by atoms with Gasteiger partial charge in [-0.2, -0.15) is 5.26 Å². The lowest BCUT2D eigenvalue weighted by Crippen LogP contribution is -2.20. The van der Waals surface area contributed by atoms with E-state index >= 15 is 0 Å². The highest BCUT2D eigenvalue weighted by molar-refractivity contribution is 5.94. The van der Waals surface area contributed by atoms with Gasteiger partial charge in [0.25, 0.3) is 0 Å². The molecule has 5 heteroatoms. The van der Waals surface area contributed by atoms with Crippen LogP contribution in [0.25, 0.3) is 0 Å². The van der Waals surface area contributed by atoms with E-state index in [0.29, 0.717) is 17.2 Å². The summed E-state index contributed by atoms with van der Waals surface area (Å²) in [6.45, 7) is 1.70. The van der Waals surface area contributed by atoms with Gasteiger partial charge in [-0.25, -0.2) is 0 Å². The Hall–Kier alpha value is -2.22. The summed E-state index contributed by atoms with van der Waals surface area (Å²) < 4.78 is 10.2. The highest BCUT2D eigenvalue weighted by atomic mass is 16.5. The first-order valence-corrected chi connectivity index (χ1v) is 5.52. The molecule has 0 aliphatic carbocycles. The summed E-state index contributed by atoms with van der Waals surface area (Å²) in [7, 11) is 3.07. The molecule has 0 bridgehead atoms. The first-order valence-electron chi connectivity index (χ1n) is 5.52. The Bertz CT molecular complexity index is 466. The lowest BCUT2D eigenvalue weighted by molar-refractivity contribution is -0.119. The first-order chi connectivity index (χ1) is 8.62. The normalized spacial score (nSPS) is 11.2. The summed E-state index contributed by atoms with van der Waals surface area (Å²) >= 11 is 0. The molecule has 0 aliphatic heterocycles. The summed E-state index contributed by atoms with van der Waals surface area (Å²) in [5.74, 6) is 0.601. The van der Waals surface area contributed by atoms with Crippen molar-refractivity contribution in [3.8, 4) is 17.6 Å². The molecule has 0 aromatic heterocycles. The number of benzene rings is 1. The Balaban J connectivity index is 2.84. The average molecular weight is 248 g/mol. The van der Waals surface area contributed by atoms with E-state index in [1.165, 1.54) is 7.11 Å². The molecule has 0 saturated heterocycles. The molecule has 18 heavy (non-hydrogen) atoms. The molecule has 1 aromatic carbocycles. The third-order valence-electron chi connectivity index (χ3n) is 2.51. The molecular weight excluding hydrogens is 232 g/mol. The van der Waals surface area contributed by atoms with Gasteiger partial charge in [-0.1, -0.05) is 6.92 Å². The van der Waals surface area contributed by atoms with Crippen molar-refractivity contribution in [3.63, 3.8) is 0 Å². The van der Waals surface area contributed by atoms with Crippen LogP contribution >= 0.6 is 0 Å².